The molecule has 1 amide bonds. The number of hydrogen-bond acceptors (Lipinski definition) is 4. The van der Waals surface area contributed by atoms with Crippen molar-refractivity contribution in [3.63, 3.8) is 0 Å². The highest BCUT2D eigenvalue weighted by atomic mass is 16.5. The predicted octanol–water partition coefficient (Wildman–Crippen LogP) is 1.55. The third kappa shape index (κ3) is 5.73. The van der Waals surface area contributed by atoms with Crippen LogP contribution in [0.4, 0.5) is 0 Å². The minimum atomic E-state index is -0.141. The number of rotatable bonds is 8. The Morgan fingerprint density at radius 2 is 1.90 bits per heavy atom. The number of amides is 1. The van der Waals surface area contributed by atoms with Crippen LogP contribution in [-0.4, -0.2) is 39.3 Å². The second-order valence-electron chi connectivity index (χ2n) is 5.30. The highest BCUT2D eigenvalue weighted by molar-refractivity contribution is 5.77. The van der Waals surface area contributed by atoms with Crippen LogP contribution in [0.3, 0.4) is 0 Å². The van der Waals surface area contributed by atoms with Crippen molar-refractivity contribution in [2.24, 2.45) is 0 Å². The molecule has 5 heteroatoms. The maximum atomic E-state index is 11.8. The zero-order valence-electron chi connectivity index (χ0n) is 13.6. The smallest absolute Gasteiger partial charge is 0.258 e. The molecule has 0 aliphatic heterocycles. The van der Waals surface area contributed by atoms with Gasteiger partial charge in [0.15, 0.2) is 6.61 Å². The summed E-state index contributed by atoms with van der Waals surface area (Å²) in [4.78, 5) is 11.8. The molecule has 1 unspecified atom stereocenters. The Hall–Kier alpha value is -1.59. The quantitative estimate of drug-likeness (QED) is 0.764. The Morgan fingerprint density at radius 3 is 2.43 bits per heavy atom. The second kappa shape index (κ2) is 8.64. The van der Waals surface area contributed by atoms with Crippen molar-refractivity contribution < 1.29 is 14.3 Å². The Kier molecular flexibility index (Phi) is 7.19. The lowest BCUT2D eigenvalue weighted by Gasteiger charge is -2.16. The van der Waals surface area contributed by atoms with Crippen LogP contribution in [0.1, 0.15) is 23.6 Å². The molecule has 118 valence electrons. The molecule has 0 saturated heterocycles. The largest absolute Gasteiger partial charge is 0.483 e. The predicted molar refractivity (Wildman–Crippen MR) is 83.7 cm³/mol. The van der Waals surface area contributed by atoms with E-state index in [0.29, 0.717) is 6.61 Å². The molecule has 0 saturated carbocycles. The van der Waals surface area contributed by atoms with Gasteiger partial charge in [-0.05, 0) is 44.5 Å². The Balaban J connectivity index is 2.61. The number of aryl methyl sites for hydroxylation is 2. The van der Waals surface area contributed by atoms with Crippen molar-refractivity contribution in [1.29, 1.82) is 0 Å². The Labute approximate surface area is 127 Å². The molecule has 0 aliphatic carbocycles. The molecule has 0 fully saturated rings. The van der Waals surface area contributed by atoms with Crippen molar-refractivity contribution in [3.8, 4) is 5.75 Å². The van der Waals surface area contributed by atoms with Gasteiger partial charge < -0.3 is 20.1 Å². The van der Waals surface area contributed by atoms with Crippen LogP contribution in [0.15, 0.2) is 12.1 Å². The molecule has 0 aromatic heterocycles. The summed E-state index contributed by atoms with van der Waals surface area (Å²) in [6.07, 6.45) is 0. The first-order valence-electron chi connectivity index (χ1n) is 7.13. The fourth-order valence-corrected chi connectivity index (χ4v) is 2.32. The third-order valence-corrected chi connectivity index (χ3v) is 3.07. The molecule has 0 bridgehead atoms. The summed E-state index contributed by atoms with van der Waals surface area (Å²) < 4.78 is 10.6. The van der Waals surface area contributed by atoms with Crippen molar-refractivity contribution in [2.75, 3.05) is 27.4 Å². The second-order valence-corrected chi connectivity index (χ2v) is 5.30. The van der Waals surface area contributed by atoms with Crippen LogP contribution < -0.4 is 15.4 Å². The first-order chi connectivity index (χ1) is 9.97. The van der Waals surface area contributed by atoms with Gasteiger partial charge in [-0.15, -0.1) is 0 Å². The van der Waals surface area contributed by atoms with E-state index in [1.807, 2.05) is 27.8 Å². The van der Waals surface area contributed by atoms with Gasteiger partial charge in [0.05, 0.1) is 6.61 Å². The van der Waals surface area contributed by atoms with E-state index in [1.54, 1.807) is 7.11 Å². The summed E-state index contributed by atoms with van der Waals surface area (Å²) in [6.45, 7) is 7.20. The first kappa shape index (κ1) is 17.5. The van der Waals surface area contributed by atoms with E-state index in [2.05, 4.69) is 22.8 Å². The number of nitrogens with one attached hydrogen (secondary N) is 2. The number of hydrogen-bond donors (Lipinski definition) is 2. The maximum Gasteiger partial charge on any atom is 0.258 e. The summed E-state index contributed by atoms with van der Waals surface area (Å²) >= 11 is 0. The lowest BCUT2D eigenvalue weighted by atomic mass is 10.1. The molecule has 5 nitrogen and oxygen atoms in total. The number of ether oxygens (including phenoxy) is 2. The zero-order valence-corrected chi connectivity index (χ0v) is 13.6. The fourth-order valence-electron chi connectivity index (χ4n) is 2.32. The molecule has 1 rings (SSSR count). The highest BCUT2D eigenvalue weighted by Gasteiger charge is 2.11. The molecular weight excluding hydrogens is 268 g/mol. The van der Waals surface area contributed by atoms with Crippen molar-refractivity contribution in [3.05, 3.63) is 28.8 Å². The summed E-state index contributed by atoms with van der Waals surface area (Å²) in [5, 5.41) is 5.95. The van der Waals surface area contributed by atoms with Crippen LogP contribution in [0.2, 0.25) is 0 Å². The number of benzene rings is 1. The molecule has 21 heavy (non-hydrogen) atoms. The first-order valence-corrected chi connectivity index (χ1v) is 7.13. The van der Waals surface area contributed by atoms with E-state index in [9.17, 15) is 4.79 Å². The van der Waals surface area contributed by atoms with Gasteiger partial charge in [-0.2, -0.15) is 0 Å². The summed E-state index contributed by atoms with van der Waals surface area (Å²) in [7, 11) is 3.53. The molecule has 0 radical (unpaired) electrons. The highest BCUT2D eigenvalue weighted by Crippen LogP contribution is 2.24. The Bertz CT molecular complexity index is 452. The summed E-state index contributed by atoms with van der Waals surface area (Å²) in [5.41, 5.74) is 3.29. The van der Waals surface area contributed by atoms with Gasteiger partial charge in [0.2, 0.25) is 0 Å². The van der Waals surface area contributed by atoms with Crippen LogP contribution >= 0.6 is 0 Å². The average Bonchev–Trinajstić information content (AvgIpc) is 2.38. The molecule has 1 atom stereocenters. The van der Waals surface area contributed by atoms with E-state index in [1.165, 1.54) is 5.56 Å². The van der Waals surface area contributed by atoms with Gasteiger partial charge >= 0.3 is 0 Å². The van der Waals surface area contributed by atoms with Crippen LogP contribution in [0, 0.1) is 13.8 Å². The fraction of sp³-hybridized carbons (Fsp3) is 0.562. The number of methoxy groups -OCH3 is 1. The minimum Gasteiger partial charge on any atom is -0.483 e. The van der Waals surface area contributed by atoms with Gasteiger partial charge in [-0.3, -0.25) is 4.79 Å². The van der Waals surface area contributed by atoms with Gasteiger partial charge in [0, 0.05) is 19.7 Å². The maximum absolute atomic E-state index is 11.8. The monoisotopic (exact) mass is 294 g/mol. The minimum absolute atomic E-state index is 0.0150. The number of carbonyl (C=O) groups is 1. The molecule has 2 N–H and O–H groups in total. The van der Waals surface area contributed by atoms with Crippen molar-refractivity contribution in [1.82, 2.24) is 10.6 Å². The Morgan fingerprint density at radius 1 is 1.29 bits per heavy atom. The topological polar surface area (TPSA) is 59.6 Å². The van der Waals surface area contributed by atoms with E-state index < -0.39 is 0 Å². The lowest BCUT2D eigenvalue weighted by molar-refractivity contribution is -0.124. The molecule has 1 aromatic carbocycles. The SMILES string of the molecule is CNCc1cc(C)c(OCC(=O)NC(C)COC)c(C)c1. The average molecular weight is 294 g/mol. The molecular formula is C16H26N2O3. The van der Waals surface area contributed by atoms with E-state index in [-0.39, 0.29) is 18.6 Å². The van der Waals surface area contributed by atoms with Crippen LogP contribution in [0.5, 0.6) is 5.75 Å². The molecule has 0 aliphatic rings. The number of carbonyl (C=O) groups excluding carboxylic acids is 1. The van der Waals surface area contributed by atoms with Crippen LogP contribution in [0.25, 0.3) is 0 Å². The van der Waals surface area contributed by atoms with Crippen molar-refractivity contribution >= 4 is 5.91 Å². The van der Waals surface area contributed by atoms with E-state index in [0.717, 1.165) is 23.4 Å². The summed E-state index contributed by atoms with van der Waals surface area (Å²) in [5.74, 6) is 0.641. The van der Waals surface area contributed by atoms with Gasteiger partial charge in [0.1, 0.15) is 5.75 Å². The van der Waals surface area contributed by atoms with Crippen LogP contribution in [-0.2, 0) is 16.1 Å². The van der Waals surface area contributed by atoms with Crippen molar-refractivity contribution in [2.45, 2.75) is 33.4 Å². The lowest BCUT2D eigenvalue weighted by Crippen LogP contribution is -2.38. The summed E-state index contributed by atoms with van der Waals surface area (Å²) in [6, 6.07) is 4.13. The van der Waals surface area contributed by atoms with Gasteiger partial charge in [-0.25, -0.2) is 0 Å². The van der Waals surface area contributed by atoms with Gasteiger partial charge in [0.25, 0.3) is 5.91 Å². The molecule has 1 aromatic rings. The van der Waals surface area contributed by atoms with E-state index >= 15 is 0 Å². The molecule has 0 spiro atoms. The normalized spacial score (nSPS) is 12.0. The standard InChI is InChI=1S/C16H26N2O3/c1-11-6-14(8-17-4)7-12(2)16(11)21-10-15(19)18-13(3)9-20-5/h6-7,13,17H,8-10H2,1-5H3,(H,18,19). The zero-order chi connectivity index (χ0) is 15.8. The third-order valence-electron chi connectivity index (χ3n) is 3.07. The van der Waals surface area contributed by atoms with E-state index in [4.69, 9.17) is 9.47 Å². The van der Waals surface area contributed by atoms with Gasteiger partial charge in [-0.1, -0.05) is 12.1 Å². The molecule has 0 heterocycles.